The van der Waals surface area contributed by atoms with Gasteiger partial charge in [0.25, 0.3) is 0 Å². The predicted octanol–water partition coefficient (Wildman–Crippen LogP) is 2.91. The second-order valence-corrected chi connectivity index (χ2v) is 5.78. The van der Waals surface area contributed by atoms with E-state index in [0.717, 1.165) is 24.9 Å². The van der Waals surface area contributed by atoms with Crippen molar-refractivity contribution in [1.82, 2.24) is 0 Å². The Morgan fingerprint density at radius 1 is 1.45 bits per heavy atom. The van der Waals surface area contributed by atoms with Crippen LogP contribution in [0.15, 0.2) is 27.4 Å². The third kappa shape index (κ3) is 2.41. The van der Waals surface area contributed by atoms with Crippen molar-refractivity contribution in [2.75, 3.05) is 25.1 Å². The summed E-state index contributed by atoms with van der Waals surface area (Å²) in [5.41, 5.74) is 0.667. The number of nitriles is 1. The molecular weight excluding hydrogens is 280 g/mol. The lowest BCUT2D eigenvalue weighted by Gasteiger charge is -2.33. The van der Waals surface area contributed by atoms with Gasteiger partial charge in [-0.3, -0.25) is 0 Å². The topological polar surface area (TPSA) is 66.5 Å². The Bertz CT molecular complexity index is 804. The standard InChI is InChI=1S/C17H18N2O3/c1-11-4-3-7-19(10-11)16-13-8-12(21-2)5-6-15(13)22-17(20)14(16)9-18/h5-6,8,11H,3-4,7,10H2,1-2H3. The van der Waals surface area contributed by atoms with E-state index in [4.69, 9.17) is 9.15 Å². The van der Waals surface area contributed by atoms with E-state index in [1.165, 1.54) is 6.42 Å². The van der Waals surface area contributed by atoms with Gasteiger partial charge in [0.05, 0.1) is 12.8 Å². The zero-order chi connectivity index (χ0) is 15.7. The lowest BCUT2D eigenvalue weighted by Crippen LogP contribution is -2.35. The van der Waals surface area contributed by atoms with Crippen molar-refractivity contribution in [3.63, 3.8) is 0 Å². The number of benzene rings is 1. The number of nitrogens with zero attached hydrogens (tertiary/aromatic N) is 2. The van der Waals surface area contributed by atoms with E-state index in [1.807, 2.05) is 12.1 Å². The lowest BCUT2D eigenvalue weighted by atomic mass is 9.98. The van der Waals surface area contributed by atoms with Crippen LogP contribution in [-0.2, 0) is 0 Å². The highest BCUT2D eigenvalue weighted by atomic mass is 16.5. The molecule has 0 saturated carbocycles. The molecule has 1 saturated heterocycles. The highest BCUT2D eigenvalue weighted by molar-refractivity contribution is 5.94. The van der Waals surface area contributed by atoms with Crippen molar-refractivity contribution in [3.05, 3.63) is 34.2 Å². The maximum Gasteiger partial charge on any atom is 0.356 e. The van der Waals surface area contributed by atoms with E-state index >= 15 is 0 Å². The van der Waals surface area contributed by atoms with Gasteiger partial charge in [-0.25, -0.2) is 4.79 Å². The minimum absolute atomic E-state index is 0.0786. The van der Waals surface area contributed by atoms with Gasteiger partial charge in [-0.05, 0) is 37.0 Å². The molecule has 2 aromatic rings. The van der Waals surface area contributed by atoms with Crippen LogP contribution in [0.3, 0.4) is 0 Å². The molecule has 22 heavy (non-hydrogen) atoms. The van der Waals surface area contributed by atoms with Gasteiger partial charge in [-0.1, -0.05) is 6.92 Å². The van der Waals surface area contributed by atoms with Gasteiger partial charge in [0.2, 0.25) is 0 Å². The summed E-state index contributed by atoms with van der Waals surface area (Å²) in [5.74, 6) is 1.21. The van der Waals surface area contributed by atoms with E-state index in [-0.39, 0.29) is 5.56 Å². The number of hydrogen-bond acceptors (Lipinski definition) is 5. The Balaban J connectivity index is 2.28. The van der Waals surface area contributed by atoms with Crippen LogP contribution < -0.4 is 15.3 Å². The molecule has 1 aromatic heterocycles. The van der Waals surface area contributed by atoms with E-state index in [9.17, 15) is 10.1 Å². The monoisotopic (exact) mass is 298 g/mol. The maximum atomic E-state index is 12.1. The van der Waals surface area contributed by atoms with Crippen LogP contribution >= 0.6 is 0 Å². The molecule has 0 amide bonds. The molecule has 1 aliphatic heterocycles. The lowest BCUT2D eigenvalue weighted by molar-refractivity contribution is 0.415. The Kier molecular flexibility index (Phi) is 3.76. The highest BCUT2D eigenvalue weighted by Crippen LogP contribution is 2.33. The minimum atomic E-state index is -0.576. The number of hydrogen-bond donors (Lipinski definition) is 0. The highest BCUT2D eigenvalue weighted by Gasteiger charge is 2.24. The summed E-state index contributed by atoms with van der Waals surface area (Å²) in [6.45, 7) is 3.87. The summed E-state index contributed by atoms with van der Waals surface area (Å²) in [6.07, 6.45) is 2.22. The van der Waals surface area contributed by atoms with Gasteiger partial charge in [0.1, 0.15) is 17.4 Å². The van der Waals surface area contributed by atoms with Crippen molar-refractivity contribution in [1.29, 1.82) is 5.26 Å². The van der Waals surface area contributed by atoms with Crippen molar-refractivity contribution < 1.29 is 9.15 Å². The molecule has 1 atom stereocenters. The number of fused-ring (bicyclic) bond motifs is 1. The fourth-order valence-electron chi connectivity index (χ4n) is 3.11. The third-order valence-electron chi connectivity index (χ3n) is 4.17. The Morgan fingerprint density at radius 2 is 2.27 bits per heavy atom. The maximum absolute atomic E-state index is 12.1. The van der Waals surface area contributed by atoms with Crippen molar-refractivity contribution >= 4 is 16.7 Å². The first-order valence-corrected chi connectivity index (χ1v) is 7.44. The molecule has 0 bridgehead atoms. The number of rotatable bonds is 2. The molecule has 0 spiro atoms. The van der Waals surface area contributed by atoms with Gasteiger partial charge in [0, 0.05) is 18.5 Å². The SMILES string of the molecule is COc1ccc2oc(=O)c(C#N)c(N3CCCC(C)C3)c2c1. The molecule has 3 rings (SSSR count). The van der Waals surface area contributed by atoms with Crippen LogP contribution in [0.4, 0.5) is 5.69 Å². The molecule has 1 aromatic carbocycles. The van der Waals surface area contributed by atoms with Crippen molar-refractivity contribution in [2.24, 2.45) is 5.92 Å². The Hall–Kier alpha value is -2.48. The molecule has 1 fully saturated rings. The molecule has 114 valence electrons. The van der Waals surface area contributed by atoms with Gasteiger partial charge in [-0.2, -0.15) is 5.26 Å². The molecular formula is C17H18N2O3. The number of piperidine rings is 1. The largest absolute Gasteiger partial charge is 0.497 e. The number of ether oxygens (including phenoxy) is 1. The molecule has 2 heterocycles. The van der Waals surface area contributed by atoms with Crippen LogP contribution in [0.25, 0.3) is 11.0 Å². The fraction of sp³-hybridized carbons (Fsp3) is 0.412. The van der Waals surface area contributed by atoms with Gasteiger partial charge < -0.3 is 14.1 Å². The van der Waals surface area contributed by atoms with Gasteiger partial charge in [-0.15, -0.1) is 0 Å². The summed E-state index contributed by atoms with van der Waals surface area (Å²) >= 11 is 0. The quantitative estimate of drug-likeness (QED) is 0.797. The normalized spacial score (nSPS) is 18.2. The Labute approximate surface area is 128 Å². The van der Waals surface area contributed by atoms with Crippen LogP contribution in [0.1, 0.15) is 25.3 Å². The molecule has 5 nitrogen and oxygen atoms in total. The predicted molar refractivity (Wildman–Crippen MR) is 84.4 cm³/mol. The molecule has 1 unspecified atom stereocenters. The van der Waals surface area contributed by atoms with E-state index in [1.54, 1.807) is 19.2 Å². The molecule has 1 aliphatic rings. The number of anilines is 1. The second-order valence-electron chi connectivity index (χ2n) is 5.78. The molecule has 0 radical (unpaired) electrons. The van der Waals surface area contributed by atoms with E-state index < -0.39 is 5.63 Å². The zero-order valence-electron chi connectivity index (χ0n) is 12.8. The summed E-state index contributed by atoms with van der Waals surface area (Å²) in [4.78, 5) is 14.2. The van der Waals surface area contributed by atoms with Crippen LogP contribution in [0.5, 0.6) is 5.75 Å². The smallest absolute Gasteiger partial charge is 0.356 e. The van der Waals surface area contributed by atoms with Crippen molar-refractivity contribution in [3.8, 4) is 11.8 Å². The first-order valence-electron chi connectivity index (χ1n) is 7.44. The minimum Gasteiger partial charge on any atom is -0.497 e. The Morgan fingerprint density at radius 3 is 2.95 bits per heavy atom. The molecule has 0 N–H and O–H groups in total. The van der Waals surface area contributed by atoms with E-state index in [0.29, 0.717) is 22.9 Å². The first-order chi connectivity index (χ1) is 10.6. The van der Waals surface area contributed by atoms with Crippen LogP contribution in [0, 0.1) is 17.2 Å². The zero-order valence-corrected chi connectivity index (χ0v) is 12.8. The third-order valence-corrected chi connectivity index (χ3v) is 4.17. The summed E-state index contributed by atoms with van der Waals surface area (Å²) in [7, 11) is 1.59. The van der Waals surface area contributed by atoms with Gasteiger partial charge >= 0.3 is 5.63 Å². The molecule has 0 aliphatic carbocycles. The molecule has 5 heteroatoms. The first kappa shape index (κ1) is 14.5. The average molecular weight is 298 g/mol. The van der Waals surface area contributed by atoms with E-state index in [2.05, 4.69) is 11.8 Å². The summed E-state index contributed by atoms with van der Waals surface area (Å²) in [6, 6.07) is 7.31. The van der Waals surface area contributed by atoms with Gasteiger partial charge in [0.15, 0.2) is 5.56 Å². The fourth-order valence-corrected chi connectivity index (χ4v) is 3.11. The average Bonchev–Trinajstić information content (AvgIpc) is 2.53. The van der Waals surface area contributed by atoms with Crippen LogP contribution in [-0.4, -0.2) is 20.2 Å². The van der Waals surface area contributed by atoms with Crippen LogP contribution in [0.2, 0.25) is 0 Å². The van der Waals surface area contributed by atoms with Crippen molar-refractivity contribution in [2.45, 2.75) is 19.8 Å². The second kappa shape index (κ2) is 5.72. The number of methoxy groups -OCH3 is 1. The summed E-state index contributed by atoms with van der Waals surface area (Å²) in [5, 5.41) is 10.2. The summed E-state index contributed by atoms with van der Waals surface area (Å²) < 4.78 is 10.5.